The van der Waals surface area contributed by atoms with E-state index in [1.54, 1.807) is 23.5 Å². The van der Waals surface area contributed by atoms with Crippen LogP contribution in [0.5, 0.6) is 0 Å². The number of hydrogen-bond acceptors (Lipinski definition) is 4. The number of hydrogen-bond donors (Lipinski definition) is 0. The molecule has 0 unspecified atom stereocenters. The average Bonchev–Trinajstić information content (AvgIpc) is 3.29. The summed E-state index contributed by atoms with van der Waals surface area (Å²) in [5.41, 5.74) is 5.76. The van der Waals surface area contributed by atoms with Gasteiger partial charge in [-0.15, -0.1) is 11.3 Å². The molecule has 0 aliphatic heterocycles. The summed E-state index contributed by atoms with van der Waals surface area (Å²) in [5.74, 6) is -0.604. The highest BCUT2D eigenvalue weighted by atomic mass is 32.1. The van der Waals surface area contributed by atoms with Gasteiger partial charge in [-0.1, -0.05) is 12.1 Å². The fourth-order valence-electron chi connectivity index (χ4n) is 4.33. The van der Waals surface area contributed by atoms with Crippen molar-refractivity contribution in [3.05, 3.63) is 74.7 Å². The summed E-state index contributed by atoms with van der Waals surface area (Å²) in [5, 5.41) is 10.6. The van der Waals surface area contributed by atoms with Crippen LogP contribution in [0.4, 0.5) is 4.39 Å². The molecule has 0 saturated carbocycles. The lowest BCUT2D eigenvalue weighted by Crippen LogP contribution is -2.12. The van der Waals surface area contributed by atoms with E-state index in [-0.39, 0.29) is 11.8 Å². The average molecular weight is 449 g/mol. The maximum atomic E-state index is 13.3. The van der Waals surface area contributed by atoms with Crippen LogP contribution in [0, 0.1) is 31.0 Å². The van der Waals surface area contributed by atoms with Gasteiger partial charge < -0.3 is 9.30 Å². The molecule has 0 bridgehead atoms. The quantitative estimate of drug-likeness (QED) is 0.335. The second-order valence-corrected chi connectivity index (χ2v) is 9.03. The Labute approximate surface area is 191 Å². The second-order valence-electron chi connectivity index (χ2n) is 7.95. The third-order valence-corrected chi connectivity index (χ3v) is 7.16. The number of aromatic nitrogens is 1. The van der Waals surface area contributed by atoms with Gasteiger partial charge in [-0.2, -0.15) is 5.26 Å². The molecule has 1 aliphatic rings. The zero-order valence-corrected chi connectivity index (χ0v) is 19.3. The third-order valence-electron chi connectivity index (χ3n) is 5.88. The van der Waals surface area contributed by atoms with E-state index in [0.717, 1.165) is 53.2 Å². The Balaban J connectivity index is 1.84. The van der Waals surface area contributed by atoms with E-state index in [1.807, 2.05) is 32.9 Å². The number of ether oxygens (including phenoxy) is 1. The molecule has 0 amide bonds. The summed E-state index contributed by atoms with van der Waals surface area (Å²) in [7, 11) is 0. The van der Waals surface area contributed by atoms with Gasteiger partial charge in [-0.05, 0) is 87.4 Å². The number of carbonyl (C=O) groups is 1. The molecule has 2 aromatic heterocycles. The molecule has 1 aliphatic carbocycles. The highest BCUT2D eigenvalue weighted by Gasteiger charge is 2.28. The Morgan fingerprint density at radius 3 is 2.66 bits per heavy atom. The molecule has 0 saturated heterocycles. The number of aryl methyl sites for hydroxylation is 2. The van der Waals surface area contributed by atoms with Gasteiger partial charge in [0.05, 0.1) is 23.8 Å². The smallest absolute Gasteiger partial charge is 0.341 e. The van der Waals surface area contributed by atoms with E-state index >= 15 is 0 Å². The fraction of sp³-hybridized carbons (Fsp3) is 0.308. The van der Waals surface area contributed by atoms with Crippen molar-refractivity contribution in [2.24, 2.45) is 0 Å². The maximum absolute atomic E-state index is 13.3. The number of thiophene rings is 1. The van der Waals surface area contributed by atoms with Gasteiger partial charge in [-0.25, -0.2) is 9.18 Å². The topological polar surface area (TPSA) is 55.0 Å². The molecular weight excluding hydrogens is 423 g/mol. The van der Waals surface area contributed by atoms with Crippen molar-refractivity contribution in [2.75, 3.05) is 6.61 Å². The van der Waals surface area contributed by atoms with Crippen LogP contribution in [0.1, 0.15) is 63.1 Å². The summed E-state index contributed by atoms with van der Waals surface area (Å²) in [6.45, 7) is 6.15. The number of nitrogens with zero attached hydrogens (tertiary/aromatic N) is 2. The van der Waals surface area contributed by atoms with Crippen LogP contribution >= 0.6 is 11.3 Å². The van der Waals surface area contributed by atoms with Crippen molar-refractivity contribution >= 4 is 29.0 Å². The molecule has 0 N–H and O–H groups in total. The van der Waals surface area contributed by atoms with Gasteiger partial charge in [0.1, 0.15) is 10.8 Å². The number of benzene rings is 1. The highest BCUT2D eigenvalue weighted by molar-refractivity contribution is 7.15. The molecule has 6 heteroatoms. The van der Waals surface area contributed by atoms with Crippen molar-refractivity contribution in [2.45, 2.75) is 46.5 Å². The minimum atomic E-state index is -0.336. The third kappa shape index (κ3) is 4.01. The standard InChI is InChI=1S/C26H25FN2O2S/c1-4-31-26(30)24-22-7-5-6-8-23(22)32-25(24)29-16(2)13-19(17(29)3)14-20(15-28)18-9-11-21(27)12-10-18/h9-14H,4-8H2,1-3H3/b20-14+. The largest absolute Gasteiger partial charge is 0.462 e. The number of nitriles is 1. The van der Waals surface area contributed by atoms with Crippen LogP contribution in [0.2, 0.25) is 0 Å². The number of carbonyl (C=O) groups excluding carboxylic acids is 1. The highest BCUT2D eigenvalue weighted by Crippen LogP contribution is 2.39. The molecule has 0 atom stereocenters. The first-order valence-electron chi connectivity index (χ1n) is 10.8. The Bertz CT molecular complexity index is 1240. The van der Waals surface area contributed by atoms with Crippen molar-refractivity contribution in [3.63, 3.8) is 0 Å². The fourth-order valence-corrected chi connectivity index (χ4v) is 5.82. The van der Waals surface area contributed by atoms with Crippen molar-refractivity contribution in [1.29, 1.82) is 5.26 Å². The molecular formula is C26H25FN2O2S. The van der Waals surface area contributed by atoms with E-state index in [1.165, 1.54) is 17.0 Å². The molecule has 1 aromatic carbocycles. The zero-order valence-electron chi connectivity index (χ0n) is 18.5. The lowest BCUT2D eigenvalue weighted by Gasteiger charge is -2.13. The van der Waals surface area contributed by atoms with Crippen LogP contribution in [-0.2, 0) is 17.6 Å². The van der Waals surface area contributed by atoms with Gasteiger partial charge >= 0.3 is 5.97 Å². The van der Waals surface area contributed by atoms with E-state index in [9.17, 15) is 14.4 Å². The zero-order chi connectivity index (χ0) is 22.8. The van der Waals surface area contributed by atoms with E-state index in [2.05, 4.69) is 10.6 Å². The minimum Gasteiger partial charge on any atom is -0.462 e. The molecule has 0 radical (unpaired) electrons. The SMILES string of the molecule is CCOC(=O)c1c(-n2c(C)cc(/C=C(\C#N)c3ccc(F)cc3)c2C)sc2c1CCCC2. The van der Waals surface area contributed by atoms with Crippen molar-refractivity contribution in [1.82, 2.24) is 4.57 Å². The van der Waals surface area contributed by atoms with E-state index in [0.29, 0.717) is 23.3 Å². The number of esters is 1. The van der Waals surface area contributed by atoms with Crippen LogP contribution in [0.3, 0.4) is 0 Å². The molecule has 164 valence electrons. The monoisotopic (exact) mass is 448 g/mol. The number of halogens is 1. The Morgan fingerprint density at radius 1 is 1.25 bits per heavy atom. The number of rotatable bonds is 5. The Hall–Kier alpha value is -3.17. The second kappa shape index (κ2) is 9.13. The van der Waals surface area contributed by atoms with Gasteiger partial charge in [0.25, 0.3) is 0 Å². The van der Waals surface area contributed by atoms with E-state index < -0.39 is 0 Å². The summed E-state index contributed by atoms with van der Waals surface area (Å²) in [4.78, 5) is 14.2. The van der Waals surface area contributed by atoms with Gasteiger partial charge in [-0.3, -0.25) is 0 Å². The van der Waals surface area contributed by atoms with Crippen LogP contribution in [-0.4, -0.2) is 17.1 Å². The first-order valence-corrected chi connectivity index (χ1v) is 11.6. The summed E-state index contributed by atoms with van der Waals surface area (Å²) < 4.78 is 20.8. The number of fused-ring (bicyclic) bond motifs is 1. The predicted molar refractivity (Wildman–Crippen MR) is 126 cm³/mol. The van der Waals surface area contributed by atoms with Gasteiger partial charge in [0, 0.05) is 16.3 Å². The number of allylic oxidation sites excluding steroid dienone is 1. The maximum Gasteiger partial charge on any atom is 0.341 e. The molecule has 32 heavy (non-hydrogen) atoms. The summed E-state index contributed by atoms with van der Waals surface area (Å²) >= 11 is 1.67. The molecule has 3 aromatic rings. The molecule has 4 nitrogen and oxygen atoms in total. The lowest BCUT2D eigenvalue weighted by molar-refractivity contribution is 0.0525. The molecule has 2 heterocycles. The van der Waals surface area contributed by atoms with Crippen LogP contribution in [0.15, 0.2) is 30.3 Å². The van der Waals surface area contributed by atoms with Gasteiger partial charge in [0.15, 0.2) is 0 Å². The summed E-state index contributed by atoms with van der Waals surface area (Å²) in [6.07, 6.45) is 5.92. The van der Waals surface area contributed by atoms with Crippen molar-refractivity contribution < 1.29 is 13.9 Å². The Kier molecular flexibility index (Phi) is 6.29. The molecule has 0 spiro atoms. The molecule has 0 fully saturated rings. The first kappa shape index (κ1) is 22.0. The normalized spacial score (nSPS) is 13.5. The lowest BCUT2D eigenvalue weighted by atomic mass is 9.95. The predicted octanol–water partition coefficient (Wildman–Crippen LogP) is 6.41. The van der Waals surface area contributed by atoms with Gasteiger partial charge in [0.2, 0.25) is 0 Å². The minimum absolute atomic E-state index is 0.268. The summed E-state index contributed by atoms with van der Waals surface area (Å²) in [6, 6.07) is 10.2. The van der Waals surface area contributed by atoms with Crippen molar-refractivity contribution in [3.8, 4) is 11.1 Å². The molecule has 4 rings (SSSR count). The van der Waals surface area contributed by atoms with Crippen LogP contribution in [0.25, 0.3) is 16.7 Å². The van der Waals surface area contributed by atoms with E-state index in [4.69, 9.17) is 4.74 Å². The Morgan fingerprint density at radius 2 is 1.97 bits per heavy atom. The first-order chi connectivity index (χ1) is 15.4. The van der Waals surface area contributed by atoms with Crippen LogP contribution < -0.4 is 0 Å².